The first-order valence-electron chi connectivity index (χ1n) is 7.54. The van der Waals surface area contributed by atoms with Crippen LogP contribution < -0.4 is 5.32 Å². The highest BCUT2D eigenvalue weighted by Crippen LogP contribution is 2.62. The number of hydrogen-bond donors (Lipinski definition) is 1. The number of carbonyl (C=O) groups is 1. The minimum absolute atomic E-state index is 0.182. The molecule has 1 aliphatic carbocycles. The summed E-state index contributed by atoms with van der Waals surface area (Å²) in [6, 6.07) is 13.9. The highest BCUT2D eigenvalue weighted by atomic mass is 19.1. The summed E-state index contributed by atoms with van der Waals surface area (Å²) in [6.45, 7) is 0. The zero-order valence-electron chi connectivity index (χ0n) is 12.3. The Morgan fingerprint density at radius 1 is 1.17 bits per heavy atom. The minimum Gasteiger partial charge on any atom is -0.386 e. The summed E-state index contributed by atoms with van der Waals surface area (Å²) in [5, 5.41) is 7.03. The second-order valence-electron chi connectivity index (χ2n) is 5.94. The fourth-order valence-corrected chi connectivity index (χ4v) is 3.27. The van der Waals surface area contributed by atoms with Gasteiger partial charge < -0.3 is 10.2 Å². The molecule has 0 saturated heterocycles. The number of nitrogens with zero attached hydrogens (tertiary/aromatic N) is 1. The molecule has 1 unspecified atom stereocenters. The Bertz CT molecular complexity index is 782. The van der Waals surface area contributed by atoms with Crippen LogP contribution in [0, 0.1) is 11.2 Å². The van der Waals surface area contributed by atoms with Crippen LogP contribution in [0.3, 0.4) is 0 Å². The smallest absolute Gasteiger partial charge is 0.211 e. The van der Waals surface area contributed by atoms with Crippen molar-refractivity contribution in [2.75, 3.05) is 5.32 Å². The van der Waals surface area contributed by atoms with Crippen LogP contribution in [0.25, 0.3) is 0 Å². The van der Waals surface area contributed by atoms with Crippen molar-refractivity contribution < 1.29 is 14.0 Å². The average molecular weight is 310 g/mol. The van der Waals surface area contributed by atoms with E-state index in [0.29, 0.717) is 6.41 Å². The Hall–Kier alpha value is -2.69. The second kappa shape index (κ2) is 5.19. The second-order valence-corrected chi connectivity index (χ2v) is 5.94. The van der Waals surface area contributed by atoms with Gasteiger partial charge in [-0.3, -0.25) is 4.79 Å². The molecule has 23 heavy (non-hydrogen) atoms. The third kappa shape index (κ3) is 2.20. The maximum Gasteiger partial charge on any atom is 0.211 e. The van der Waals surface area contributed by atoms with Gasteiger partial charge in [-0.15, -0.1) is 0 Å². The summed E-state index contributed by atoms with van der Waals surface area (Å²) in [5.74, 6) is -0.265. The van der Waals surface area contributed by atoms with Crippen molar-refractivity contribution in [2.45, 2.75) is 18.9 Å². The monoisotopic (exact) mass is 310 g/mol. The number of para-hydroxylation sites is 1. The van der Waals surface area contributed by atoms with Gasteiger partial charge in [-0.05, 0) is 36.6 Å². The van der Waals surface area contributed by atoms with Gasteiger partial charge in [0.15, 0.2) is 6.10 Å². The van der Waals surface area contributed by atoms with E-state index in [0.717, 1.165) is 35.4 Å². The van der Waals surface area contributed by atoms with Gasteiger partial charge in [0.2, 0.25) is 6.41 Å². The summed E-state index contributed by atoms with van der Waals surface area (Å²) in [4.78, 5) is 16.5. The average Bonchev–Trinajstić information content (AvgIpc) is 3.26. The van der Waals surface area contributed by atoms with Gasteiger partial charge in [0.1, 0.15) is 5.82 Å². The van der Waals surface area contributed by atoms with Gasteiger partial charge in [0.05, 0.1) is 11.1 Å². The topological polar surface area (TPSA) is 50.7 Å². The highest BCUT2D eigenvalue weighted by Gasteiger charge is 2.60. The first-order valence-corrected chi connectivity index (χ1v) is 7.54. The molecule has 1 saturated carbocycles. The lowest BCUT2D eigenvalue weighted by Crippen LogP contribution is -2.20. The molecular formula is C18H15FN2O2. The Balaban J connectivity index is 1.70. The summed E-state index contributed by atoms with van der Waals surface area (Å²) in [7, 11) is 0. The zero-order valence-corrected chi connectivity index (χ0v) is 12.3. The number of oxime groups is 1. The molecule has 5 heteroatoms. The van der Waals surface area contributed by atoms with E-state index in [-0.39, 0.29) is 17.3 Å². The van der Waals surface area contributed by atoms with Crippen molar-refractivity contribution >= 4 is 17.8 Å². The number of hydrogen-bond acceptors (Lipinski definition) is 3. The molecule has 116 valence electrons. The molecule has 2 aromatic carbocycles. The molecule has 2 aromatic rings. The van der Waals surface area contributed by atoms with Crippen molar-refractivity contribution in [3.8, 4) is 0 Å². The van der Waals surface area contributed by atoms with Crippen LogP contribution in [0.15, 0.2) is 53.7 Å². The van der Waals surface area contributed by atoms with E-state index in [1.165, 1.54) is 12.1 Å². The highest BCUT2D eigenvalue weighted by molar-refractivity contribution is 6.11. The van der Waals surface area contributed by atoms with Crippen molar-refractivity contribution in [3.05, 3.63) is 65.5 Å². The van der Waals surface area contributed by atoms with E-state index in [1.54, 1.807) is 12.1 Å². The predicted molar refractivity (Wildman–Crippen MR) is 84.6 cm³/mol. The van der Waals surface area contributed by atoms with Crippen molar-refractivity contribution in [1.82, 2.24) is 0 Å². The van der Waals surface area contributed by atoms with Crippen molar-refractivity contribution in [3.63, 3.8) is 0 Å². The van der Waals surface area contributed by atoms with Gasteiger partial charge in [-0.2, -0.15) is 0 Å². The van der Waals surface area contributed by atoms with Crippen LogP contribution in [0.5, 0.6) is 0 Å². The van der Waals surface area contributed by atoms with Crippen LogP contribution >= 0.6 is 0 Å². The van der Waals surface area contributed by atoms with Gasteiger partial charge in [0, 0.05) is 11.3 Å². The third-order valence-electron chi connectivity index (χ3n) is 4.58. The van der Waals surface area contributed by atoms with E-state index >= 15 is 0 Å². The molecule has 0 radical (unpaired) electrons. The lowest BCUT2D eigenvalue weighted by atomic mass is 9.85. The summed E-state index contributed by atoms with van der Waals surface area (Å²) < 4.78 is 13.2. The SMILES string of the molecule is O=CNc1ccccc1C1=NOC(c2ccc(F)cc2)C12CC2. The molecule has 1 spiro atoms. The zero-order chi connectivity index (χ0) is 15.9. The summed E-state index contributed by atoms with van der Waals surface area (Å²) >= 11 is 0. The number of amides is 1. The van der Waals surface area contributed by atoms with Crippen molar-refractivity contribution in [1.29, 1.82) is 0 Å². The Kier molecular flexibility index (Phi) is 3.15. The Labute approximate surface area is 133 Å². The predicted octanol–water partition coefficient (Wildman–Crippen LogP) is 3.65. The van der Waals surface area contributed by atoms with Gasteiger partial charge in [-0.25, -0.2) is 4.39 Å². The van der Waals surface area contributed by atoms with Crippen molar-refractivity contribution in [2.24, 2.45) is 10.6 Å². The molecule has 1 heterocycles. The van der Waals surface area contributed by atoms with Crippen LogP contribution in [0.1, 0.15) is 30.1 Å². The molecular weight excluding hydrogens is 295 g/mol. The molecule has 1 N–H and O–H groups in total. The quantitative estimate of drug-likeness (QED) is 0.876. The van der Waals surface area contributed by atoms with Crippen LogP contribution in [0.2, 0.25) is 0 Å². The van der Waals surface area contributed by atoms with E-state index in [1.807, 2.05) is 24.3 Å². The molecule has 1 amide bonds. The van der Waals surface area contributed by atoms with E-state index in [9.17, 15) is 9.18 Å². The minimum atomic E-state index is -0.265. The Morgan fingerprint density at radius 3 is 2.61 bits per heavy atom. The number of halogens is 1. The molecule has 0 bridgehead atoms. The number of benzene rings is 2. The maximum absolute atomic E-state index is 13.2. The molecule has 0 aromatic heterocycles. The molecule has 4 nitrogen and oxygen atoms in total. The number of nitrogens with one attached hydrogen (secondary N) is 1. The van der Waals surface area contributed by atoms with Gasteiger partial charge in [0.25, 0.3) is 0 Å². The molecule has 1 aliphatic heterocycles. The fourth-order valence-electron chi connectivity index (χ4n) is 3.27. The van der Waals surface area contributed by atoms with E-state index in [4.69, 9.17) is 4.84 Å². The first-order chi connectivity index (χ1) is 11.2. The van der Waals surface area contributed by atoms with E-state index < -0.39 is 0 Å². The van der Waals surface area contributed by atoms with Gasteiger partial charge in [-0.1, -0.05) is 35.5 Å². The Morgan fingerprint density at radius 2 is 1.91 bits per heavy atom. The third-order valence-corrected chi connectivity index (χ3v) is 4.58. The molecule has 2 aliphatic rings. The van der Waals surface area contributed by atoms with E-state index in [2.05, 4.69) is 10.5 Å². The maximum atomic E-state index is 13.2. The molecule has 4 rings (SSSR count). The van der Waals surface area contributed by atoms with Crippen LogP contribution in [-0.4, -0.2) is 12.1 Å². The van der Waals surface area contributed by atoms with Crippen LogP contribution in [0.4, 0.5) is 10.1 Å². The normalized spacial score (nSPS) is 20.7. The fraction of sp³-hybridized carbons (Fsp3) is 0.222. The lowest BCUT2D eigenvalue weighted by Gasteiger charge is -2.19. The lowest BCUT2D eigenvalue weighted by molar-refractivity contribution is -0.105. The summed E-state index contributed by atoms with van der Waals surface area (Å²) in [5.41, 5.74) is 3.19. The largest absolute Gasteiger partial charge is 0.386 e. The molecule has 1 fully saturated rings. The summed E-state index contributed by atoms with van der Waals surface area (Å²) in [6.07, 6.45) is 2.38. The van der Waals surface area contributed by atoms with Gasteiger partial charge >= 0.3 is 0 Å². The number of carbonyl (C=O) groups excluding carboxylic acids is 1. The first kappa shape index (κ1) is 13.9. The number of anilines is 1. The van der Waals surface area contributed by atoms with Crippen LogP contribution in [-0.2, 0) is 9.63 Å². The molecule has 1 atom stereocenters. The standard InChI is InChI=1S/C18H15FN2O2/c19-13-7-5-12(6-8-13)17-18(9-10-18)16(21-23-17)14-3-1-2-4-15(14)20-11-22/h1-8,11,17H,9-10H2,(H,20,22). The number of rotatable bonds is 4.